The van der Waals surface area contributed by atoms with Crippen LogP contribution in [0.1, 0.15) is 0 Å². The van der Waals surface area contributed by atoms with Crippen LogP contribution in [0.4, 0.5) is 56.2 Å². The molecule has 0 radical (unpaired) electrons. The first-order chi connectivity index (χ1) is 30.3. The number of hydrogen-bond acceptors (Lipinski definition) is 4. The highest BCUT2D eigenvalue weighted by molar-refractivity contribution is 7.99. The van der Waals surface area contributed by atoms with Crippen LogP contribution < -0.4 is 9.80 Å². The van der Waals surface area contributed by atoms with E-state index in [4.69, 9.17) is 0 Å². The van der Waals surface area contributed by atoms with Crippen molar-refractivity contribution in [3.05, 3.63) is 211 Å². The molecule has 0 saturated heterocycles. The Morgan fingerprint density at radius 1 is 0.387 bits per heavy atom. The monoisotopic (exact) mass is 835 g/mol. The Kier molecular flexibility index (Phi) is 9.01. The van der Waals surface area contributed by atoms with E-state index in [2.05, 4.69) is 94.8 Å². The number of nitrogens with zero attached hydrogens (tertiary/aromatic N) is 3. The fourth-order valence-electron chi connectivity index (χ4n) is 8.51. The molecule has 2 heterocycles. The minimum Gasteiger partial charge on any atom is -0.310 e. The van der Waals surface area contributed by atoms with E-state index in [0.29, 0.717) is 10.9 Å². The van der Waals surface area contributed by atoms with Crippen LogP contribution in [0, 0.1) is 29.1 Å². The van der Waals surface area contributed by atoms with Gasteiger partial charge < -0.3 is 4.90 Å². The maximum Gasteiger partial charge on any atom is 0.200 e. The molecule has 0 spiro atoms. The van der Waals surface area contributed by atoms with Crippen LogP contribution in [-0.4, -0.2) is 4.98 Å². The zero-order valence-electron chi connectivity index (χ0n) is 32.5. The summed E-state index contributed by atoms with van der Waals surface area (Å²) >= 11 is 1.70. The van der Waals surface area contributed by atoms with Crippen molar-refractivity contribution in [2.24, 2.45) is 0 Å². The molecular formula is C53H30F5N3S. The number of benzene rings is 9. The second-order valence-corrected chi connectivity index (χ2v) is 16.1. The highest BCUT2D eigenvalue weighted by Crippen LogP contribution is 2.52. The minimum absolute atomic E-state index is 0.0384. The van der Waals surface area contributed by atoms with Gasteiger partial charge in [-0.25, -0.2) is 26.9 Å². The Balaban J connectivity index is 0.991. The van der Waals surface area contributed by atoms with Crippen molar-refractivity contribution < 1.29 is 22.0 Å². The number of anilines is 6. The van der Waals surface area contributed by atoms with Gasteiger partial charge in [-0.2, -0.15) is 0 Å². The first-order valence-corrected chi connectivity index (χ1v) is 20.6. The molecule has 1 aliphatic heterocycles. The van der Waals surface area contributed by atoms with Crippen LogP contribution >= 0.6 is 11.8 Å². The van der Waals surface area contributed by atoms with Crippen molar-refractivity contribution in [1.82, 2.24) is 4.98 Å². The number of aromatic nitrogens is 1. The number of halogens is 5. The quantitative estimate of drug-likeness (QED) is 0.0904. The van der Waals surface area contributed by atoms with Crippen molar-refractivity contribution in [3.8, 4) is 22.3 Å². The fourth-order valence-corrected chi connectivity index (χ4v) is 9.68. The number of fused-ring (bicyclic) bond motifs is 4. The van der Waals surface area contributed by atoms with Crippen LogP contribution in [0.5, 0.6) is 0 Å². The molecular weight excluding hydrogens is 806 g/mol. The highest BCUT2D eigenvalue weighted by atomic mass is 32.2. The predicted octanol–water partition coefficient (Wildman–Crippen LogP) is 16.0. The summed E-state index contributed by atoms with van der Waals surface area (Å²) in [5, 5.41) is 5.92. The van der Waals surface area contributed by atoms with E-state index < -0.39 is 34.8 Å². The van der Waals surface area contributed by atoms with E-state index in [1.807, 2.05) is 48.5 Å². The Hall–Kier alpha value is -7.49. The summed E-state index contributed by atoms with van der Waals surface area (Å²) in [5.74, 6) is -10.3. The standard InChI is InChI=1S/C53H30F5N3S/c54-48-49(55)51(57)53(52(58)50(48)56)61(38-21-18-32-10-5-7-12-34(32)28-38)46-26-19-35(30-59-46)40-24-25-43-41-23-22-39(29-45(41)62-44-16-8-15-42(40)47(43)44)60(36-13-2-1-3-14-36)37-20-17-31-9-4-6-11-33(31)27-37/h1-30H. The van der Waals surface area contributed by atoms with Crippen LogP contribution in [-0.2, 0) is 0 Å². The van der Waals surface area contributed by atoms with E-state index in [9.17, 15) is 13.2 Å². The highest BCUT2D eigenvalue weighted by Gasteiger charge is 2.32. The molecule has 0 unspecified atom stereocenters. The summed E-state index contributed by atoms with van der Waals surface area (Å²) in [4.78, 5) is 10.0. The Bertz CT molecular complexity index is 3380. The zero-order chi connectivity index (χ0) is 42.1. The van der Waals surface area contributed by atoms with E-state index in [1.165, 1.54) is 11.5 Å². The van der Waals surface area contributed by atoms with E-state index in [-0.39, 0.29) is 11.5 Å². The van der Waals surface area contributed by atoms with Gasteiger partial charge in [0.05, 0.1) is 0 Å². The van der Waals surface area contributed by atoms with E-state index >= 15 is 8.78 Å². The van der Waals surface area contributed by atoms with Crippen LogP contribution in [0.15, 0.2) is 192 Å². The zero-order valence-corrected chi connectivity index (χ0v) is 33.3. The molecule has 9 heteroatoms. The molecule has 0 fully saturated rings. The van der Waals surface area contributed by atoms with Crippen molar-refractivity contribution in [3.63, 3.8) is 0 Å². The van der Waals surface area contributed by atoms with Crippen molar-refractivity contribution >= 4 is 78.3 Å². The molecule has 3 nitrogen and oxygen atoms in total. The van der Waals surface area contributed by atoms with Gasteiger partial charge in [0.1, 0.15) is 11.5 Å². The second kappa shape index (κ2) is 14.9. The predicted molar refractivity (Wildman–Crippen MR) is 241 cm³/mol. The molecule has 9 aromatic carbocycles. The minimum atomic E-state index is -2.23. The molecule has 11 rings (SSSR count). The van der Waals surface area contributed by atoms with Gasteiger partial charge in [-0.15, -0.1) is 0 Å². The van der Waals surface area contributed by atoms with Gasteiger partial charge in [-0.1, -0.05) is 121 Å². The molecule has 0 saturated carbocycles. The maximum absolute atomic E-state index is 15.6. The fraction of sp³-hybridized carbons (Fsp3) is 0. The summed E-state index contributed by atoms with van der Waals surface area (Å²) in [6.45, 7) is 0. The molecule has 298 valence electrons. The second-order valence-electron chi connectivity index (χ2n) is 15.0. The van der Waals surface area contributed by atoms with Gasteiger partial charge in [0.15, 0.2) is 23.3 Å². The molecule has 1 aliphatic rings. The summed E-state index contributed by atoms with van der Waals surface area (Å²) < 4.78 is 74.8. The van der Waals surface area contributed by atoms with Crippen LogP contribution in [0.25, 0.3) is 54.6 Å². The molecule has 0 bridgehead atoms. The Morgan fingerprint density at radius 2 is 0.952 bits per heavy atom. The first-order valence-electron chi connectivity index (χ1n) is 19.8. The van der Waals surface area contributed by atoms with Gasteiger partial charge in [0.2, 0.25) is 5.82 Å². The molecule has 0 aliphatic carbocycles. The van der Waals surface area contributed by atoms with Crippen molar-refractivity contribution in [1.29, 1.82) is 0 Å². The number of pyridine rings is 1. The SMILES string of the molecule is Fc1c(F)c(F)c(N(c2ccc3ccccc3c2)c2ccc(-c3ccc4c5c(cccc35)Sc3cc(N(c5ccccc5)c5ccc6ccccc6c5)ccc3-4)cn2)c(F)c1F. The lowest BCUT2D eigenvalue weighted by Gasteiger charge is -2.28. The van der Waals surface area contributed by atoms with Gasteiger partial charge >= 0.3 is 0 Å². The third-order valence-electron chi connectivity index (χ3n) is 11.4. The van der Waals surface area contributed by atoms with Gasteiger partial charge in [-0.05, 0) is 110 Å². The van der Waals surface area contributed by atoms with Crippen molar-refractivity contribution in [2.75, 3.05) is 9.80 Å². The summed E-state index contributed by atoms with van der Waals surface area (Å²) in [7, 11) is 0. The summed E-state index contributed by atoms with van der Waals surface area (Å²) in [5.41, 5.74) is 5.91. The van der Waals surface area contributed by atoms with Crippen LogP contribution in [0.3, 0.4) is 0 Å². The molecule has 0 atom stereocenters. The van der Waals surface area contributed by atoms with Gasteiger partial charge in [0, 0.05) is 49.7 Å². The van der Waals surface area contributed by atoms with Crippen LogP contribution in [0.2, 0.25) is 0 Å². The topological polar surface area (TPSA) is 19.4 Å². The lowest BCUT2D eigenvalue weighted by atomic mass is 9.92. The third kappa shape index (κ3) is 6.15. The van der Waals surface area contributed by atoms with E-state index in [1.54, 1.807) is 54.4 Å². The molecule has 62 heavy (non-hydrogen) atoms. The lowest BCUT2D eigenvalue weighted by Crippen LogP contribution is -2.18. The molecule has 1 aromatic heterocycles. The largest absolute Gasteiger partial charge is 0.310 e. The lowest BCUT2D eigenvalue weighted by molar-refractivity contribution is 0.380. The molecule has 0 N–H and O–H groups in total. The van der Waals surface area contributed by atoms with Gasteiger partial charge in [-0.3, -0.25) is 4.90 Å². The Morgan fingerprint density at radius 3 is 1.61 bits per heavy atom. The molecule has 10 aromatic rings. The average molecular weight is 836 g/mol. The van der Waals surface area contributed by atoms with Crippen molar-refractivity contribution in [2.45, 2.75) is 9.79 Å². The maximum atomic E-state index is 15.6. The van der Waals surface area contributed by atoms with E-state index in [0.717, 1.165) is 70.0 Å². The Labute approximate surface area is 357 Å². The normalized spacial score (nSPS) is 11.9. The average Bonchev–Trinajstić information content (AvgIpc) is 3.32. The number of rotatable bonds is 7. The number of hydrogen-bond donors (Lipinski definition) is 0. The summed E-state index contributed by atoms with van der Waals surface area (Å²) in [6.07, 6.45) is 1.56. The summed E-state index contributed by atoms with van der Waals surface area (Å²) in [6, 6.07) is 57.5. The number of para-hydroxylation sites is 1. The van der Waals surface area contributed by atoms with Gasteiger partial charge in [0.25, 0.3) is 0 Å². The smallest absolute Gasteiger partial charge is 0.200 e. The first kappa shape index (κ1) is 37.5. The third-order valence-corrected chi connectivity index (χ3v) is 12.5. The molecule has 0 amide bonds.